The number of halogens is 15. The van der Waals surface area contributed by atoms with Crippen molar-refractivity contribution in [3.05, 3.63) is 87.3 Å². The monoisotopic (exact) mass is 515 g/mol. The SMILES string of the molecule is Fc1c(F)c(F)c(N(c2c(F)c(F)c(F)c(F)c2F)c2c(F)c(F)c(F)c(F)c2F)c(F)c1F. The van der Waals surface area contributed by atoms with Crippen molar-refractivity contribution in [2.24, 2.45) is 0 Å². The van der Waals surface area contributed by atoms with Crippen LogP contribution in [-0.2, 0) is 0 Å². The maximum Gasteiger partial charge on any atom is 0.200 e. The smallest absolute Gasteiger partial charge is 0.200 e. The van der Waals surface area contributed by atoms with E-state index in [-0.39, 0.29) is 0 Å². The molecule has 34 heavy (non-hydrogen) atoms. The zero-order valence-electron chi connectivity index (χ0n) is 15.1. The molecule has 0 radical (unpaired) electrons. The fourth-order valence-corrected chi connectivity index (χ4v) is 2.70. The van der Waals surface area contributed by atoms with E-state index in [2.05, 4.69) is 0 Å². The van der Waals surface area contributed by atoms with Crippen LogP contribution in [0.2, 0.25) is 0 Å². The Hall–Kier alpha value is -3.59. The maximum absolute atomic E-state index is 14.3. The Kier molecular flexibility index (Phi) is 6.13. The average Bonchev–Trinajstić information content (AvgIpc) is 2.81. The minimum Gasteiger partial charge on any atom is -0.294 e. The van der Waals surface area contributed by atoms with Crippen molar-refractivity contribution in [3.8, 4) is 0 Å². The molecular weight excluding hydrogens is 515 g/mol. The third-order valence-electron chi connectivity index (χ3n) is 4.23. The Bertz CT molecular complexity index is 1110. The highest BCUT2D eigenvalue weighted by atomic mass is 19.2. The van der Waals surface area contributed by atoms with E-state index >= 15 is 0 Å². The lowest BCUT2D eigenvalue weighted by atomic mass is 10.1. The fourth-order valence-electron chi connectivity index (χ4n) is 2.70. The molecule has 3 aromatic carbocycles. The summed E-state index contributed by atoms with van der Waals surface area (Å²) in [4.78, 5) is -1.55. The summed E-state index contributed by atoms with van der Waals surface area (Å²) in [7, 11) is 0. The molecule has 0 saturated heterocycles. The summed E-state index contributed by atoms with van der Waals surface area (Å²) in [6.07, 6.45) is 0. The Morgan fingerprint density at radius 1 is 0.206 bits per heavy atom. The van der Waals surface area contributed by atoms with E-state index in [0.717, 1.165) is 0 Å². The lowest BCUT2D eigenvalue weighted by molar-refractivity contribution is 0.369. The summed E-state index contributed by atoms with van der Waals surface area (Å²) >= 11 is 0. The van der Waals surface area contributed by atoms with Crippen LogP contribution in [0, 0.1) is 87.3 Å². The predicted octanol–water partition coefficient (Wildman–Crippen LogP) is 7.24. The quantitative estimate of drug-likeness (QED) is 0.202. The average molecular weight is 515 g/mol. The Morgan fingerprint density at radius 2 is 0.324 bits per heavy atom. The van der Waals surface area contributed by atoms with E-state index < -0.39 is 109 Å². The first-order valence-electron chi connectivity index (χ1n) is 8.01. The number of nitrogens with zero attached hydrogens (tertiary/aromatic N) is 1. The molecule has 0 bridgehead atoms. The molecule has 0 amide bonds. The molecular formula is C18F15N. The van der Waals surface area contributed by atoms with E-state index in [9.17, 15) is 65.9 Å². The van der Waals surface area contributed by atoms with Crippen molar-refractivity contribution in [3.63, 3.8) is 0 Å². The van der Waals surface area contributed by atoms with Crippen LogP contribution in [0.1, 0.15) is 0 Å². The maximum atomic E-state index is 14.3. The Labute approximate surface area is 176 Å². The molecule has 0 spiro atoms. The van der Waals surface area contributed by atoms with Crippen LogP contribution in [-0.4, -0.2) is 0 Å². The van der Waals surface area contributed by atoms with Crippen molar-refractivity contribution < 1.29 is 65.9 Å². The molecule has 0 heterocycles. The molecule has 0 unspecified atom stereocenters. The number of anilines is 3. The summed E-state index contributed by atoms with van der Waals surface area (Å²) in [5.74, 6) is -46.0. The number of hydrogen-bond donors (Lipinski definition) is 0. The lowest BCUT2D eigenvalue weighted by Crippen LogP contribution is -2.24. The Morgan fingerprint density at radius 3 is 0.471 bits per heavy atom. The molecule has 0 N–H and O–H groups in total. The van der Waals surface area contributed by atoms with E-state index in [1.807, 2.05) is 0 Å². The van der Waals surface area contributed by atoms with Crippen LogP contribution in [0.25, 0.3) is 0 Å². The zero-order chi connectivity index (χ0) is 26.0. The van der Waals surface area contributed by atoms with E-state index in [1.54, 1.807) is 0 Å². The predicted molar refractivity (Wildman–Crippen MR) is 80.5 cm³/mol. The van der Waals surface area contributed by atoms with Gasteiger partial charge in [0.15, 0.2) is 69.8 Å². The molecule has 3 rings (SSSR count). The third-order valence-corrected chi connectivity index (χ3v) is 4.23. The molecule has 0 aromatic heterocycles. The minimum absolute atomic E-state index is 1.55. The highest BCUT2D eigenvalue weighted by molar-refractivity contribution is 5.79. The minimum atomic E-state index is -3.12. The van der Waals surface area contributed by atoms with Crippen molar-refractivity contribution >= 4 is 17.1 Å². The summed E-state index contributed by atoms with van der Waals surface area (Å²) in [5, 5.41) is 0. The van der Waals surface area contributed by atoms with Gasteiger partial charge >= 0.3 is 0 Å². The summed E-state index contributed by atoms with van der Waals surface area (Å²) in [6.45, 7) is 0. The molecule has 1 nitrogen and oxygen atoms in total. The summed E-state index contributed by atoms with van der Waals surface area (Å²) < 4.78 is 208. The van der Waals surface area contributed by atoms with Crippen molar-refractivity contribution in [1.82, 2.24) is 0 Å². The molecule has 0 saturated carbocycles. The number of rotatable bonds is 3. The van der Waals surface area contributed by atoms with E-state index in [1.165, 1.54) is 0 Å². The van der Waals surface area contributed by atoms with E-state index in [0.29, 0.717) is 0 Å². The van der Waals surface area contributed by atoms with Crippen LogP contribution in [0.15, 0.2) is 0 Å². The molecule has 0 atom stereocenters. The lowest BCUT2D eigenvalue weighted by Gasteiger charge is -2.28. The first-order chi connectivity index (χ1) is 15.7. The fraction of sp³-hybridized carbons (Fsp3) is 0. The van der Waals surface area contributed by atoms with Gasteiger partial charge in [0.25, 0.3) is 0 Å². The standard InChI is InChI=1S/C18F15N/c19-1-4(22)10(28)16(11(29)5(1)23)34(17-12(30)6(24)2(20)7(25)13(17)31)18-14(32)8(26)3(21)9(27)15(18)33. The van der Waals surface area contributed by atoms with Gasteiger partial charge in [0.05, 0.1) is 0 Å². The van der Waals surface area contributed by atoms with Gasteiger partial charge in [0.2, 0.25) is 17.5 Å². The highest BCUT2D eigenvalue weighted by Gasteiger charge is 2.40. The van der Waals surface area contributed by atoms with Gasteiger partial charge < -0.3 is 0 Å². The van der Waals surface area contributed by atoms with Gasteiger partial charge in [-0.05, 0) is 0 Å². The molecule has 182 valence electrons. The van der Waals surface area contributed by atoms with Crippen LogP contribution >= 0.6 is 0 Å². The van der Waals surface area contributed by atoms with E-state index in [4.69, 9.17) is 0 Å². The molecule has 3 aromatic rings. The third kappa shape index (κ3) is 3.30. The second-order valence-corrected chi connectivity index (χ2v) is 6.09. The van der Waals surface area contributed by atoms with Crippen LogP contribution in [0.5, 0.6) is 0 Å². The molecule has 0 aliphatic rings. The summed E-state index contributed by atoms with van der Waals surface area (Å²) in [5.41, 5.74) is -8.53. The molecule has 0 fully saturated rings. The van der Waals surface area contributed by atoms with Crippen LogP contribution < -0.4 is 4.90 Å². The van der Waals surface area contributed by atoms with Gasteiger partial charge in [-0.3, -0.25) is 4.90 Å². The summed E-state index contributed by atoms with van der Waals surface area (Å²) in [6, 6.07) is 0. The van der Waals surface area contributed by atoms with Crippen molar-refractivity contribution in [2.45, 2.75) is 0 Å². The zero-order valence-corrected chi connectivity index (χ0v) is 15.1. The first-order valence-corrected chi connectivity index (χ1v) is 8.01. The van der Waals surface area contributed by atoms with Crippen LogP contribution in [0.4, 0.5) is 82.9 Å². The second kappa shape index (κ2) is 8.32. The van der Waals surface area contributed by atoms with Crippen molar-refractivity contribution in [1.29, 1.82) is 0 Å². The molecule has 0 aliphatic heterocycles. The van der Waals surface area contributed by atoms with Gasteiger partial charge in [-0.25, -0.2) is 65.9 Å². The first kappa shape index (κ1) is 25.0. The van der Waals surface area contributed by atoms with Crippen LogP contribution in [0.3, 0.4) is 0 Å². The van der Waals surface area contributed by atoms with Gasteiger partial charge in [0.1, 0.15) is 17.1 Å². The number of hydrogen-bond acceptors (Lipinski definition) is 1. The number of benzene rings is 3. The van der Waals surface area contributed by atoms with Gasteiger partial charge in [0, 0.05) is 0 Å². The second-order valence-electron chi connectivity index (χ2n) is 6.09. The van der Waals surface area contributed by atoms with Gasteiger partial charge in [-0.2, -0.15) is 0 Å². The topological polar surface area (TPSA) is 3.24 Å². The largest absolute Gasteiger partial charge is 0.294 e. The molecule has 0 aliphatic carbocycles. The Balaban J connectivity index is 2.68. The van der Waals surface area contributed by atoms with Crippen molar-refractivity contribution in [2.75, 3.05) is 4.90 Å². The molecule has 16 heteroatoms. The van der Waals surface area contributed by atoms with Gasteiger partial charge in [-0.15, -0.1) is 0 Å². The highest BCUT2D eigenvalue weighted by Crippen LogP contribution is 2.46. The normalized spacial score (nSPS) is 11.4. The van der Waals surface area contributed by atoms with Gasteiger partial charge in [-0.1, -0.05) is 0 Å².